The van der Waals surface area contributed by atoms with E-state index in [1.165, 1.54) is 20.6 Å². The Hall–Kier alpha value is 0.100. The minimum atomic E-state index is 0.277. The van der Waals surface area contributed by atoms with E-state index in [9.17, 15) is 0 Å². The van der Waals surface area contributed by atoms with Gasteiger partial charge in [-0.05, 0) is 40.9 Å². The Kier molecular flexibility index (Phi) is 3.27. The minimum absolute atomic E-state index is 0.277. The van der Waals surface area contributed by atoms with Gasteiger partial charge in [0.1, 0.15) is 0 Å². The quantitative estimate of drug-likeness (QED) is 0.896. The lowest BCUT2D eigenvalue weighted by Gasteiger charge is -2.27. The SMILES string of the molecule is C[C@H](N)CN1CCc2sc(Br)cc2C1. The number of hydrogen-bond donors (Lipinski definition) is 1. The van der Waals surface area contributed by atoms with Gasteiger partial charge in [0.25, 0.3) is 0 Å². The lowest BCUT2D eigenvalue weighted by molar-refractivity contribution is 0.244. The van der Waals surface area contributed by atoms with Gasteiger partial charge >= 0.3 is 0 Å². The number of nitrogens with zero attached hydrogens (tertiary/aromatic N) is 1. The molecular weight excluding hydrogens is 260 g/mol. The van der Waals surface area contributed by atoms with Crippen molar-refractivity contribution in [1.29, 1.82) is 0 Å². The number of rotatable bonds is 2. The zero-order valence-electron chi connectivity index (χ0n) is 8.29. The molecule has 2 nitrogen and oxygen atoms in total. The largest absolute Gasteiger partial charge is 0.327 e. The van der Waals surface area contributed by atoms with E-state index in [0.29, 0.717) is 0 Å². The van der Waals surface area contributed by atoms with Crippen molar-refractivity contribution in [2.24, 2.45) is 5.73 Å². The van der Waals surface area contributed by atoms with Crippen LogP contribution in [0.4, 0.5) is 0 Å². The first kappa shape index (κ1) is 10.6. The summed E-state index contributed by atoms with van der Waals surface area (Å²) in [4.78, 5) is 3.98. The average molecular weight is 275 g/mol. The molecule has 2 rings (SSSR count). The van der Waals surface area contributed by atoms with Crippen molar-refractivity contribution < 1.29 is 0 Å². The molecule has 0 saturated carbocycles. The Morgan fingerprint density at radius 2 is 2.50 bits per heavy atom. The standard InChI is InChI=1S/C10H15BrN2S/c1-7(12)5-13-3-2-9-8(6-13)4-10(11)14-9/h4,7H,2-3,5-6,12H2,1H3/t7-/m0/s1. The highest BCUT2D eigenvalue weighted by Crippen LogP contribution is 2.31. The lowest BCUT2D eigenvalue weighted by Crippen LogP contribution is -2.38. The Morgan fingerprint density at radius 3 is 3.21 bits per heavy atom. The highest BCUT2D eigenvalue weighted by molar-refractivity contribution is 9.11. The van der Waals surface area contributed by atoms with Gasteiger partial charge in [0.05, 0.1) is 3.79 Å². The molecule has 0 spiro atoms. The second kappa shape index (κ2) is 4.31. The van der Waals surface area contributed by atoms with Gasteiger partial charge in [-0.15, -0.1) is 11.3 Å². The van der Waals surface area contributed by atoms with Crippen molar-refractivity contribution >= 4 is 27.3 Å². The molecule has 1 atom stereocenters. The fraction of sp³-hybridized carbons (Fsp3) is 0.600. The van der Waals surface area contributed by atoms with Gasteiger partial charge in [-0.3, -0.25) is 4.90 Å². The second-order valence-electron chi connectivity index (χ2n) is 3.96. The first-order chi connectivity index (χ1) is 6.65. The van der Waals surface area contributed by atoms with Crippen molar-refractivity contribution in [2.75, 3.05) is 13.1 Å². The van der Waals surface area contributed by atoms with Crippen LogP contribution in [0.15, 0.2) is 9.85 Å². The van der Waals surface area contributed by atoms with Crippen LogP contribution in [0.2, 0.25) is 0 Å². The number of hydrogen-bond acceptors (Lipinski definition) is 3. The van der Waals surface area contributed by atoms with Gasteiger partial charge < -0.3 is 5.73 Å². The van der Waals surface area contributed by atoms with Gasteiger partial charge in [0, 0.05) is 30.6 Å². The molecule has 14 heavy (non-hydrogen) atoms. The van der Waals surface area contributed by atoms with Gasteiger partial charge in [-0.2, -0.15) is 0 Å². The molecule has 4 heteroatoms. The maximum atomic E-state index is 5.80. The number of thiophene rings is 1. The van der Waals surface area contributed by atoms with Crippen molar-refractivity contribution in [3.63, 3.8) is 0 Å². The molecule has 0 aliphatic carbocycles. The Morgan fingerprint density at radius 1 is 1.71 bits per heavy atom. The smallest absolute Gasteiger partial charge is 0.0704 e. The van der Waals surface area contributed by atoms with Crippen molar-refractivity contribution in [3.8, 4) is 0 Å². The van der Waals surface area contributed by atoms with E-state index in [2.05, 4.69) is 33.8 Å². The summed E-state index contributed by atoms with van der Waals surface area (Å²) >= 11 is 5.41. The molecule has 0 aromatic carbocycles. The van der Waals surface area contributed by atoms with Crippen LogP contribution in [0.25, 0.3) is 0 Å². The van der Waals surface area contributed by atoms with Crippen LogP contribution in [-0.2, 0) is 13.0 Å². The molecule has 1 aliphatic heterocycles. The molecule has 1 aromatic rings. The molecule has 1 aromatic heterocycles. The second-order valence-corrected chi connectivity index (χ2v) is 6.48. The summed E-state index contributed by atoms with van der Waals surface area (Å²) in [5.74, 6) is 0. The summed E-state index contributed by atoms with van der Waals surface area (Å²) in [6.07, 6.45) is 1.18. The van der Waals surface area contributed by atoms with Gasteiger partial charge in [-0.1, -0.05) is 0 Å². The third kappa shape index (κ3) is 2.37. The van der Waals surface area contributed by atoms with E-state index in [1.54, 1.807) is 0 Å². The zero-order chi connectivity index (χ0) is 10.1. The third-order valence-electron chi connectivity index (χ3n) is 2.46. The summed E-state index contributed by atoms with van der Waals surface area (Å²) in [6.45, 7) is 5.30. The molecule has 1 aliphatic rings. The van der Waals surface area contributed by atoms with Gasteiger partial charge in [0.2, 0.25) is 0 Å². The average Bonchev–Trinajstić information content (AvgIpc) is 2.42. The Balaban J connectivity index is 2.05. The molecule has 2 heterocycles. The molecule has 0 bridgehead atoms. The molecule has 0 unspecified atom stereocenters. The van der Waals surface area contributed by atoms with Gasteiger partial charge in [-0.25, -0.2) is 0 Å². The maximum Gasteiger partial charge on any atom is 0.0704 e. The van der Waals surface area contributed by atoms with E-state index in [-0.39, 0.29) is 6.04 Å². The third-order valence-corrected chi connectivity index (χ3v) is 4.20. The molecule has 78 valence electrons. The summed E-state index contributed by atoms with van der Waals surface area (Å²) < 4.78 is 1.25. The molecule has 0 radical (unpaired) electrons. The van der Waals surface area contributed by atoms with Crippen LogP contribution in [0.1, 0.15) is 17.4 Å². The Bertz CT molecular complexity index is 322. The van der Waals surface area contributed by atoms with Crippen LogP contribution < -0.4 is 5.73 Å². The number of nitrogens with two attached hydrogens (primary N) is 1. The van der Waals surface area contributed by atoms with E-state index in [4.69, 9.17) is 5.73 Å². The predicted molar refractivity (Wildman–Crippen MR) is 64.6 cm³/mol. The molecule has 2 N–H and O–H groups in total. The highest BCUT2D eigenvalue weighted by Gasteiger charge is 2.18. The van der Waals surface area contributed by atoms with Crippen molar-refractivity contribution in [2.45, 2.75) is 25.9 Å². The molecular formula is C10H15BrN2S. The fourth-order valence-electron chi connectivity index (χ4n) is 1.92. The summed E-state index contributed by atoms with van der Waals surface area (Å²) in [6, 6.07) is 2.52. The van der Waals surface area contributed by atoms with Crippen LogP contribution >= 0.6 is 27.3 Å². The monoisotopic (exact) mass is 274 g/mol. The topological polar surface area (TPSA) is 29.3 Å². The van der Waals surface area contributed by atoms with E-state index in [0.717, 1.165) is 19.6 Å². The number of halogens is 1. The zero-order valence-corrected chi connectivity index (χ0v) is 10.7. The fourth-order valence-corrected chi connectivity index (χ4v) is 3.67. The summed E-state index contributed by atoms with van der Waals surface area (Å²) in [7, 11) is 0. The van der Waals surface area contributed by atoms with E-state index >= 15 is 0 Å². The maximum absolute atomic E-state index is 5.80. The molecule has 0 saturated heterocycles. The van der Waals surface area contributed by atoms with Crippen LogP contribution in [0.3, 0.4) is 0 Å². The van der Waals surface area contributed by atoms with Crippen molar-refractivity contribution in [1.82, 2.24) is 4.90 Å². The first-order valence-corrected chi connectivity index (χ1v) is 6.51. The van der Waals surface area contributed by atoms with Gasteiger partial charge in [0.15, 0.2) is 0 Å². The Labute approximate surface area is 97.2 Å². The van der Waals surface area contributed by atoms with E-state index < -0.39 is 0 Å². The van der Waals surface area contributed by atoms with E-state index in [1.807, 2.05) is 11.3 Å². The van der Waals surface area contributed by atoms with Crippen LogP contribution in [0, 0.1) is 0 Å². The minimum Gasteiger partial charge on any atom is -0.327 e. The highest BCUT2D eigenvalue weighted by atomic mass is 79.9. The molecule has 0 amide bonds. The van der Waals surface area contributed by atoms with Crippen LogP contribution in [-0.4, -0.2) is 24.0 Å². The summed E-state index contributed by atoms with van der Waals surface area (Å²) in [5.41, 5.74) is 7.28. The summed E-state index contributed by atoms with van der Waals surface area (Å²) in [5, 5.41) is 0. The lowest BCUT2D eigenvalue weighted by atomic mass is 10.1. The first-order valence-electron chi connectivity index (χ1n) is 4.90. The van der Waals surface area contributed by atoms with Crippen LogP contribution in [0.5, 0.6) is 0 Å². The normalized spacial score (nSPS) is 19.4. The van der Waals surface area contributed by atoms with Crippen molar-refractivity contribution in [3.05, 3.63) is 20.3 Å². The predicted octanol–water partition coefficient (Wildman–Crippen LogP) is 2.22. The molecule has 0 fully saturated rings. The number of fused-ring (bicyclic) bond motifs is 1.